The van der Waals surface area contributed by atoms with Crippen molar-refractivity contribution in [3.8, 4) is 0 Å². The largest absolute Gasteiger partial charge is 0.416 e. The van der Waals surface area contributed by atoms with Gasteiger partial charge in [-0.2, -0.15) is 13.2 Å². The molecule has 2 aromatic rings. The Bertz CT molecular complexity index is 532. The van der Waals surface area contributed by atoms with Crippen LogP contribution in [0.3, 0.4) is 0 Å². The Labute approximate surface area is 114 Å². The Kier molecular flexibility index (Phi) is 4.00. The van der Waals surface area contributed by atoms with Crippen molar-refractivity contribution in [1.82, 2.24) is 0 Å². The number of benzene rings is 2. The second-order valence-electron chi connectivity index (χ2n) is 4.03. The van der Waals surface area contributed by atoms with E-state index in [0.29, 0.717) is 11.6 Å². The van der Waals surface area contributed by atoms with E-state index in [9.17, 15) is 13.2 Å². The van der Waals surface area contributed by atoms with Gasteiger partial charge in [0, 0.05) is 17.3 Å². The second kappa shape index (κ2) is 5.53. The number of hydrogen-bond donors (Lipinski definition) is 1. The van der Waals surface area contributed by atoms with E-state index in [1.807, 2.05) is 24.3 Å². The number of nitrogens with one attached hydrogen (secondary N) is 1. The molecule has 0 amide bonds. The summed E-state index contributed by atoms with van der Waals surface area (Å²) in [5.41, 5.74) is 1.73. The van der Waals surface area contributed by atoms with Gasteiger partial charge in [-0.25, -0.2) is 0 Å². The van der Waals surface area contributed by atoms with Gasteiger partial charge in [0.15, 0.2) is 0 Å². The normalized spacial score (nSPS) is 11.4. The Hall–Kier alpha value is -1.68. The summed E-state index contributed by atoms with van der Waals surface area (Å²) < 4.78 is 37.2. The zero-order valence-electron chi connectivity index (χ0n) is 9.84. The molecule has 100 valence electrons. The molecule has 1 nitrogen and oxygen atoms in total. The summed E-state index contributed by atoms with van der Waals surface area (Å²) in [5, 5.41) is 3.02. The van der Waals surface area contributed by atoms with Gasteiger partial charge < -0.3 is 5.32 Å². The van der Waals surface area contributed by atoms with E-state index < -0.39 is 11.7 Å². The molecular formula is C14H11ClF3N. The van der Waals surface area contributed by atoms with Crippen molar-refractivity contribution < 1.29 is 13.2 Å². The lowest BCUT2D eigenvalue weighted by atomic mass is 10.2. The molecule has 0 saturated heterocycles. The molecular weight excluding hydrogens is 275 g/mol. The standard InChI is InChI=1S/C14H11ClF3N/c15-9-10-1-5-12(6-2-10)19-13-7-3-11(4-8-13)14(16,17)18/h1-8,19H,9H2. The molecule has 0 aliphatic heterocycles. The summed E-state index contributed by atoms with van der Waals surface area (Å²) in [6, 6.07) is 12.3. The first kappa shape index (κ1) is 13.7. The van der Waals surface area contributed by atoms with Crippen molar-refractivity contribution in [1.29, 1.82) is 0 Å². The van der Waals surface area contributed by atoms with Crippen molar-refractivity contribution in [3.63, 3.8) is 0 Å². The van der Waals surface area contributed by atoms with Gasteiger partial charge in [0.1, 0.15) is 0 Å². The maximum atomic E-state index is 12.4. The minimum atomic E-state index is -4.31. The van der Waals surface area contributed by atoms with Gasteiger partial charge in [0.05, 0.1) is 5.56 Å². The van der Waals surface area contributed by atoms with Crippen LogP contribution >= 0.6 is 11.6 Å². The van der Waals surface area contributed by atoms with Crippen LogP contribution in [0.25, 0.3) is 0 Å². The average molecular weight is 286 g/mol. The molecule has 0 heterocycles. The van der Waals surface area contributed by atoms with Crippen LogP contribution in [-0.4, -0.2) is 0 Å². The summed E-state index contributed by atoms with van der Waals surface area (Å²) in [6.07, 6.45) is -4.31. The number of hydrogen-bond acceptors (Lipinski definition) is 1. The number of alkyl halides is 4. The zero-order valence-corrected chi connectivity index (χ0v) is 10.6. The minimum absolute atomic E-state index is 0.431. The third-order valence-electron chi connectivity index (χ3n) is 2.61. The molecule has 0 unspecified atom stereocenters. The first-order valence-corrected chi connectivity index (χ1v) is 6.12. The zero-order chi connectivity index (χ0) is 13.9. The van der Waals surface area contributed by atoms with Crippen LogP contribution in [0.15, 0.2) is 48.5 Å². The maximum absolute atomic E-state index is 12.4. The van der Waals surface area contributed by atoms with Crippen molar-refractivity contribution in [2.45, 2.75) is 12.1 Å². The smallest absolute Gasteiger partial charge is 0.356 e. The van der Waals surface area contributed by atoms with Gasteiger partial charge in [-0.3, -0.25) is 0 Å². The fourth-order valence-electron chi connectivity index (χ4n) is 1.59. The van der Waals surface area contributed by atoms with E-state index in [1.165, 1.54) is 12.1 Å². The molecule has 0 radical (unpaired) electrons. The van der Waals surface area contributed by atoms with Crippen molar-refractivity contribution >= 4 is 23.0 Å². The molecule has 2 rings (SSSR count). The predicted octanol–water partition coefficient (Wildman–Crippen LogP) is 5.19. The quantitative estimate of drug-likeness (QED) is 0.766. The van der Waals surface area contributed by atoms with Crippen LogP contribution in [0.1, 0.15) is 11.1 Å². The highest BCUT2D eigenvalue weighted by atomic mass is 35.5. The monoisotopic (exact) mass is 285 g/mol. The van der Waals surface area contributed by atoms with Crippen molar-refractivity contribution in [2.75, 3.05) is 5.32 Å². The Balaban J connectivity index is 2.10. The molecule has 0 spiro atoms. The third kappa shape index (κ3) is 3.64. The van der Waals surface area contributed by atoms with Crippen LogP contribution < -0.4 is 5.32 Å². The second-order valence-corrected chi connectivity index (χ2v) is 4.30. The molecule has 2 aromatic carbocycles. The molecule has 0 atom stereocenters. The first-order valence-electron chi connectivity index (χ1n) is 5.58. The van der Waals surface area contributed by atoms with Crippen LogP contribution in [0.4, 0.5) is 24.5 Å². The molecule has 5 heteroatoms. The van der Waals surface area contributed by atoms with Crippen molar-refractivity contribution in [3.05, 3.63) is 59.7 Å². The van der Waals surface area contributed by atoms with Crippen LogP contribution in [0, 0.1) is 0 Å². The molecule has 0 aromatic heterocycles. The number of halogens is 4. The van der Waals surface area contributed by atoms with Gasteiger partial charge >= 0.3 is 6.18 Å². The summed E-state index contributed by atoms with van der Waals surface area (Å²) in [7, 11) is 0. The summed E-state index contributed by atoms with van der Waals surface area (Å²) in [4.78, 5) is 0. The van der Waals surface area contributed by atoms with Crippen molar-refractivity contribution in [2.24, 2.45) is 0 Å². The fraction of sp³-hybridized carbons (Fsp3) is 0.143. The lowest BCUT2D eigenvalue weighted by Gasteiger charge is -2.09. The predicted molar refractivity (Wildman–Crippen MR) is 70.7 cm³/mol. The van der Waals surface area contributed by atoms with E-state index in [1.54, 1.807) is 0 Å². The van der Waals surface area contributed by atoms with E-state index in [2.05, 4.69) is 5.32 Å². The first-order chi connectivity index (χ1) is 8.99. The van der Waals surface area contributed by atoms with Crippen LogP contribution in [-0.2, 0) is 12.1 Å². The maximum Gasteiger partial charge on any atom is 0.416 e. The highest BCUT2D eigenvalue weighted by Crippen LogP contribution is 2.30. The van der Waals surface area contributed by atoms with Gasteiger partial charge in [-0.1, -0.05) is 12.1 Å². The average Bonchev–Trinajstić information content (AvgIpc) is 2.39. The number of anilines is 2. The highest BCUT2D eigenvalue weighted by Gasteiger charge is 2.29. The summed E-state index contributed by atoms with van der Waals surface area (Å²) in [6.45, 7) is 0. The van der Waals surface area contributed by atoms with Gasteiger partial charge in [-0.15, -0.1) is 11.6 Å². The lowest BCUT2D eigenvalue weighted by Crippen LogP contribution is -2.04. The Morgan fingerprint density at radius 2 is 1.32 bits per heavy atom. The van der Waals surface area contributed by atoms with Gasteiger partial charge in [0.2, 0.25) is 0 Å². The van der Waals surface area contributed by atoms with Crippen LogP contribution in [0.2, 0.25) is 0 Å². The molecule has 0 aliphatic rings. The SMILES string of the molecule is FC(F)(F)c1ccc(Nc2ccc(CCl)cc2)cc1. The lowest BCUT2D eigenvalue weighted by molar-refractivity contribution is -0.137. The van der Waals surface area contributed by atoms with E-state index in [-0.39, 0.29) is 0 Å². The topological polar surface area (TPSA) is 12.0 Å². The molecule has 0 saturated carbocycles. The molecule has 0 aliphatic carbocycles. The molecule has 0 bridgehead atoms. The van der Waals surface area contributed by atoms with Gasteiger partial charge in [0.25, 0.3) is 0 Å². The molecule has 1 N–H and O–H groups in total. The number of rotatable bonds is 3. The van der Waals surface area contributed by atoms with E-state index in [0.717, 1.165) is 23.4 Å². The summed E-state index contributed by atoms with van der Waals surface area (Å²) >= 11 is 5.67. The van der Waals surface area contributed by atoms with Gasteiger partial charge in [-0.05, 0) is 42.0 Å². The Morgan fingerprint density at radius 3 is 1.74 bits per heavy atom. The molecule has 0 fully saturated rings. The van der Waals surface area contributed by atoms with E-state index in [4.69, 9.17) is 11.6 Å². The third-order valence-corrected chi connectivity index (χ3v) is 2.92. The Morgan fingerprint density at radius 1 is 0.842 bits per heavy atom. The minimum Gasteiger partial charge on any atom is -0.356 e. The fourth-order valence-corrected chi connectivity index (χ4v) is 1.76. The van der Waals surface area contributed by atoms with Crippen LogP contribution in [0.5, 0.6) is 0 Å². The van der Waals surface area contributed by atoms with E-state index >= 15 is 0 Å². The highest BCUT2D eigenvalue weighted by molar-refractivity contribution is 6.17. The summed E-state index contributed by atoms with van der Waals surface area (Å²) in [5.74, 6) is 0.431. The molecule has 19 heavy (non-hydrogen) atoms.